The number of carbonyl (C=O) groups is 1. The third-order valence-corrected chi connectivity index (χ3v) is 4.42. The highest BCUT2D eigenvalue weighted by atomic mass is 35.5. The second kappa shape index (κ2) is 7.01. The maximum atomic E-state index is 12.0. The van der Waals surface area contributed by atoms with E-state index in [-0.39, 0.29) is 11.3 Å². The fourth-order valence-electron chi connectivity index (χ4n) is 1.74. The summed E-state index contributed by atoms with van der Waals surface area (Å²) in [4.78, 5) is 12.0. The number of hydrogen-bond donors (Lipinski definition) is 1. The van der Waals surface area contributed by atoms with Crippen molar-refractivity contribution in [2.24, 2.45) is 5.41 Å². The monoisotopic (exact) mass is 287 g/mol. The lowest BCUT2D eigenvalue weighted by Gasteiger charge is -2.29. The number of nitrogens with one attached hydrogen (secondary N) is 1. The van der Waals surface area contributed by atoms with Gasteiger partial charge in [-0.2, -0.15) is 0 Å². The molecule has 1 amide bonds. The van der Waals surface area contributed by atoms with Crippen LogP contribution in [0.3, 0.4) is 0 Å². The van der Waals surface area contributed by atoms with Gasteiger partial charge >= 0.3 is 0 Å². The second-order valence-electron chi connectivity index (χ2n) is 4.50. The molecule has 0 radical (unpaired) electrons. The number of benzene rings is 1. The number of alkyl halides is 1. The zero-order valence-corrected chi connectivity index (χ0v) is 12.3. The molecule has 1 aromatic carbocycles. The summed E-state index contributed by atoms with van der Waals surface area (Å²) in [7, 11) is 0. The van der Waals surface area contributed by atoms with Gasteiger partial charge in [-0.1, -0.05) is 37.6 Å². The van der Waals surface area contributed by atoms with E-state index < -0.39 is 0 Å². The minimum absolute atomic E-state index is 0.0293. The Bertz CT molecular complexity index is 394. The van der Waals surface area contributed by atoms with E-state index in [1.54, 1.807) is 24.3 Å². The van der Waals surface area contributed by atoms with Crippen molar-refractivity contribution < 1.29 is 4.79 Å². The van der Waals surface area contributed by atoms with Crippen molar-refractivity contribution in [1.29, 1.82) is 0 Å². The zero-order chi connectivity index (χ0) is 13.6. The molecule has 1 rings (SSSR count). The van der Waals surface area contributed by atoms with Crippen LogP contribution in [0, 0.1) is 5.41 Å². The molecular weight excluding hydrogens is 269 g/mol. The highest BCUT2D eigenvalue weighted by Crippen LogP contribution is 2.27. The Morgan fingerprint density at radius 2 is 1.89 bits per heavy atom. The number of hydrogen-bond acceptors (Lipinski definition) is 1. The maximum Gasteiger partial charge on any atom is 0.252 e. The van der Waals surface area contributed by atoms with Gasteiger partial charge in [0.25, 0.3) is 5.91 Å². The summed E-state index contributed by atoms with van der Waals surface area (Å²) in [6.07, 6.45) is 1.88. The van der Waals surface area contributed by atoms with Gasteiger partial charge in [0.1, 0.15) is 0 Å². The van der Waals surface area contributed by atoms with Crippen molar-refractivity contribution in [3.63, 3.8) is 0 Å². The van der Waals surface area contributed by atoms with Crippen molar-refractivity contribution in [2.75, 3.05) is 12.4 Å². The van der Waals surface area contributed by atoms with Gasteiger partial charge in [-0.15, -0.1) is 11.6 Å². The van der Waals surface area contributed by atoms with Gasteiger partial charge < -0.3 is 5.32 Å². The van der Waals surface area contributed by atoms with Gasteiger partial charge in [0, 0.05) is 17.8 Å². The minimum atomic E-state index is -0.142. The summed E-state index contributed by atoms with van der Waals surface area (Å²) < 4.78 is 0. The van der Waals surface area contributed by atoms with Crippen molar-refractivity contribution in [3.8, 4) is 0 Å². The first kappa shape index (κ1) is 15.3. The Morgan fingerprint density at radius 1 is 1.28 bits per heavy atom. The Hall–Kier alpha value is -0.730. The van der Waals surface area contributed by atoms with Crippen LogP contribution in [0.2, 0.25) is 5.02 Å². The van der Waals surface area contributed by atoms with Gasteiger partial charge in [0.2, 0.25) is 0 Å². The van der Waals surface area contributed by atoms with Gasteiger partial charge in [-0.3, -0.25) is 4.79 Å². The van der Waals surface area contributed by atoms with Crippen LogP contribution in [-0.2, 0) is 0 Å². The summed E-state index contributed by atoms with van der Waals surface area (Å²) in [5.41, 5.74) is 0.480. The van der Waals surface area contributed by atoms with Gasteiger partial charge in [0.15, 0.2) is 0 Å². The third kappa shape index (κ3) is 3.63. The topological polar surface area (TPSA) is 29.1 Å². The molecule has 18 heavy (non-hydrogen) atoms. The van der Waals surface area contributed by atoms with Crippen LogP contribution in [0.4, 0.5) is 0 Å². The van der Waals surface area contributed by atoms with Crippen LogP contribution in [-0.4, -0.2) is 18.3 Å². The molecule has 0 bridgehead atoms. The fraction of sp³-hybridized carbons (Fsp3) is 0.500. The number of carbonyl (C=O) groups excluding carboxylic acids is 1. The molecule has 100 valence electrons. The van der Waals surface area contributed by atoms with Crippen molar-refractivity contribution in [2.45, 2.75) is 26.7 Å². The lowest BCUT2D eigenvalue weighted by molar-refractivity contribution is 0.0932. The summed E-state index contributed by atoms with van der Waals surface area (Å²) in [5.74, 6) is 0.403. The highest BCUT2D eigenvalue weighted by molar-refractivity contribution is 6.33. The molecule has 4 heteroatoms. The molecule has 0 unspecified atom stereocenters. The van der Waals surface area contributed by atoms with E-state index in [0.717, 1.165) is 12.8 Å². The average molecular weight is 288 g/mol. The van der Waals surface area contributed by atoms with Gasteiger partial charge in [0.05, 0.1) is 10.6 Å². The molecule has 0 aliphatic rings. The number of halogens is 2. The predicted octanol–water partition coefficient (Wildman–Crippen LogP) is 4.12. The molecule has 0 saturated heterocycles. The summed E-state index contributed by atoms with van der Waals surface area (Å²) in [5, 5.41) is 3.40. The lowest BCUT2D eigenvalue weighted by Crippen LogP contribution is -2.38. The molecule has 1 N–H and O–H groups in total. The molecule has 0 fully saturated rings. The van der Waals surface area contributed by atoms with Crippen LogP contribution in [0.25, 0.3) is 0 Å². The molecule has 2 nitrogen and oxygen atoms in total. The molecule has 0 aromatic heterocycles. The van der Waals surface area contributed by atoms with Crippen LogP contribution < -0.4 is 5.32 Å². The molecule has 0 atom stereocenters. The van der Waals surface area contributed by atoms with Crippen LogP contribution >= 0.6 is 23.2 Å². The Balaban J connectivity index is 2.69. The minimum Gasteiger partial charge on any atom is -0.351 e. The van der Waals surface area contributed by atoms with Crippen molar-refractivity contribution in [3.05, 3.63) is 34.9 Å². The predicted molar refractivity (Wildman–Crippen MR) is 77.5 cm³/mol. The SMILES string of the molecule is CCC(CC)(CCl)CNC(=O)c1ccccc1Cl. The zero-order valence-electron chi connectivity index (χ0n) is 10.8. The molecular formula is C14H19Cl2NO. The van der Waals surface area contributed by atoms with E-state index in [2.05, 4.69) is 19.2 Å². The number of amides is 1. The Kier molecular flexibility index (Phi) is 5.97. The molecule has 1 aromatic rings. The Morgan fingerprint density at radius 3 is 2.39 bits per heavy atom. The van der Waals surface area contributed by atoms with Gasteiger partial charge in [-0.05, 0) is 25.0 Å². The average Bonchev–Trinajstić information content (AvgIpc) is 2.41. The van der Waals surface area contributed by atoms with E-state index in [1.807, 2.05) is 0 Å². The quantitative estimate of drug-likeness (QED) is 0.784. The van der Waals surface area contributed by atoms with Crippen LogP contribution in [0.5, 0.6) is 0 Å². The second-order valence-corrected chi connectivity index (χ2v) is 5.18. The molecule has 0 aliphatic carbocycles. The molecule has 0 aliphatic heterocycles. The van der Waals surface area contributed by atoms with Crippen molar-refractivity contribution >= 4 is 29.1 Å². The van der Waals surface area contributed by atoms with Crippen LogP contribution in [0.1, 0.15) is 37.0 Å². The maximum absolute atomic E-state index is 12.0. The fourth-order valence-corrected chi connectivity index (χ4v) is 2.44. The largest absolute Gasteiger partial charge is 0.351 e. The lowest BCUT2D eigenvalue weighted by atomic mass is 9.84. The van der Waals surface area contributed by atoms with Crippen molar-refractivity contribution in [1.82, 2.24) is 5.32 Å². The van der Waals surface area contributed by atoms with E-state index in [4.69, 9.17) is 23.2 Å². The van der Waals surface area contributed by atoms with E-state index in [1.165, 1.54) is 0 Å². The summed E-state index contributed by atoms with van der Waals surface area (Å²) in [6.45, 7) is 4.76. The first-order valence-electron chi connectivity index (χ1n) is 6.17. The molecule has 0 heterocycles. The first-order valence-corrected chi connectivity index (χ1v) is 7.08. The van der Waals surface area contributed by atoms with Crippen LogP contribution in [0.15, 0.2) is 24.3 Å². The summed E-state index contributed by atoms with van der Waals surface area (Å²) >= 11 is 12.0. The third-order valence-electron chi connectivity index (χ3n) is 3.53. The first-order chi connectivity index (χ1) is 8.58. The standard InChI is InChI=1S/C14H19Cl2NO/c1-3-14(4-2,9-15)10-17-13(18)11-7-5-6-8-12(11)16/h5-8H,3-4,9-10H2,1-2H3,(H,17,18). The van der Waals surface area contributed by atoms with E-state index in [0.29, 0.717) is 23.0 Å². The van der Waals surface area contributed by atoms with E-state index >= 15 is 0 Å². The highest BCUT2D eigenvalue weighted by Gasteiger charge is 2.26. The summed E-state index contributed by atoms with van der Waals surface area (Å²) in [6, 6.07) is 7.04. The van der Waals surface area contributed by atoms with E-state index in [9.17, 15) is 4.79 Å². The Labute approximate surface area is 119 Å². The normalized spacial score (nSPS) is 11.3. The smallest absolute Gasteiger partial charge is 0.252 e. The van der Waals surface area contributed by atoms with Gasteiger partial charge in [-0.25, -0.2) is 0 Å². The number of rotatable bonds is 6. The molecule has 0 saturated carbocycles. The molecule has 0 spiro atoms.